The number of nitrogens with zero attached hydrogens (tertiary/aromatic N) is 1. The van der Waals surface area contributed by atoms with Crippen molar-refractivity contribution in [2.45, 2.75) is 19.6 Å². The minimum atomic E-state index is -4.47. The summed E-state index contributed by atoms with van der Waals surface area (Å²) < 4.78 is 60.0. The molecule has 0 N–H and O–H groups in total. The van der Waals surface area contributed by atoms with Crippen LogP contribution >= 0.6 is 0 Å². The van der Waals surface area contributed by atoms with Crippen molar-refractivity contribution < 1.29 is 27.1 Å². The highest BCUT2D eigenvalue weighted by molar-refractivity contribution is 5.95. The van der Waals surface area contributed by atoms with Crippen LogP contribution in [-0.2, 0) is 17.5 Å². The van der Waals surface area contributed by atoms with Crippen LogP contribution in [0.15, 0.2) is 48.7 Å². The number of fused-ring (bicyclic) bond motifs is 1. The van der Waals surface area contributed by atoms with Gasteiger partial charge in [0.05, 0.1) is 17.7 Å². The lowest BCUT2D eigenvalue weighted by Gasteiger charge is -2.14. The molecule has 0 amide bonds. The molecule has 0 saturated heterocycles. The molecule has 136 valence electrons. The number of hydrogen-bond acceptors (Lipinski definition) is 2. The van der Waals surface area contributed by atoms with Gasteiger partial charge in [0.1, 0.15) is 5.82 Å². The molecular weight excluding hydrogens is 350 g/mol. The van der Waals surface area contributed by atoms with Crippen molar-refractivity contribution in [3.05, 3.63) is 71.2 Å². The van der Waals surface area contributed by atoms with E-state index in [4.69, 9.17) is 4.74 Å². The van der Waals surface area contributed by atoms with Gasteiger partial charge in [-0.2, -0.15) is 13.2 Å². The number of esters is 1. The normalized spacial score (nSPS) is 11.7. The number of alkyl halides is 3. The van der Waals surface area contributed by atoms with Gasteiger partial charge >= 0.3 is 12.1 Å². The molecule has 3 aromatic rings. The van der Waals surface area contributed by atoms with Gasteiger partial charge in [0.2, 0.25) is 0 Å². The van der Waals surface area contributed by atoms with Crippen LogP contribution in [0.2, 0.25) is 0 Å². The van der Waals surface area contributed by atoms with E-state index in [1.54, 1.807) is 23.8 Å². The van der Waals surface area contributed by atoms with Crippen molar-refractivity contribution in [3.63, 3.8) is 0 Å². The lowest BCUT2D eigenvalue weighted by atomic mass is 10.1. The number of hydrogen-bond donors (Lipinski definition) is 0. The van der Waals surface area contributed by atoms with Crippen LogP contribution in [0.1, 0.15) is 28.4 Å². The number of carbonyl (C=O) groups is 1. The third-order valence-corrected chi connectivity index (χ3v) is 4.02. The molecule has 0 spiro atoms. The summed E-state index contributed by atoms with van der Waals surface area (Å²) in [6, 6.07) is 9.33. The Kier molecular flexibility index (Phi) is 4.71. The highest BCUT2D eigenvalue weighted by atomic mass is 19.4. The van der Waals surface area contributed by atoms with Crippen molar-refractivity contribution in [1.29, 1.82) is 0 Å². The van der Waals surface area contributed by atoms with E-state index in [1.807, 2.05) is 0 Å². The number of halogens is 4. The Hall–Kier alpha value is -2.83. The van der Waals surface area contributed by atoms with Crippen molar-refractivity contribution >= 4 is 16.9 Å². The van der Waals surface area contributed by atoms with Gasteiger partial charge in [-0.1, -0.05) is 18.2 Å². The Bertz CT molecular complexity index is 960. The third-order valence-electron chi connectivity index (χ3n) is 4.02. The molecule has 26 heavy (non-hydrogen) atoms. The largest absolute Gasteiger partial charge is 0.462 e. The number of carbonyl (C=O) groups excluding carboxylic acids is 1. The second kappa shape index (κ2) is 6.82. The lowest BCUT2D eigenvalue weighted by Crippen LogP contribution is -2.11. The van der Waals surface area contributed by atoms with Crippen LogP contribution in [0.4, 0.5) is 17.6 Å². The summed E-state index contributed by atoms with van der Waals surface area (Å²) >= 11 is 0. The molecule has 0 fully saturated rings. The molecule has 0 atom stereocenters. The van der Waals surface area contributed by atoms with Crippen molar-refractivity contribution in [1.82, 2.24) is 4.57 Å². The van der Waals surface area contributed by atoms with Crippen LogP contribution in [0, 0.1) is 5.82 Å². The second-order valence-electron chi connectivity index (χ2n) is 5.71. The fraction of sp³-hybridized carbons (Fsp3) is 0.211. The Morgan fingerprint density at radius 2 is 1.88 bits per heavy atom. The average molecular weight is 365 g/mol. The molecule has 0 unspecified atom stereocenters. The topological polar surface area (TPSA) is 31.2 Å². The molecular formula is C19H15F4NO2. The summed E-state index contributed by atoms with van der Waals surface area (Å²) in [7, 11) is 0. The molecule has 0 radical (unpaired) electrons. The summed E-state index contributed by atoms with van der Waals surface area (Å²) in [5, 5.41) is 0.486. The van der Waals surface area contributed by atoms with E-state index in [9.17, 15) is 22.4 Å². The molecule has 3 nitrogen and oxygen atoms in total. The van der Waals surface area contributed by atoms with Gasteiger partial charge < -0.3 is 9.30 Å². The van der Waals surface area contributed by atoms with Crippen LogP contribution in [0.3, 0.4) is 0 Å². The molecule has 1 aromatic heterocycles. The van der Waals surface area contributed by atoms with E-state index in [0.29, 0.717) is 10.9 Å². The zero-order chi connectivity index (χ0) is 18.9. The first-order chi connectivity index (χ1) is 12.3. The molecule has 2 aromatic carbocycles. The lowest BCUT2D eigenvalue weighted by molar-refractivity contribution is -0.138. The monoisotopic (exact) mass is 365 g/mol. The Morgan fingerprint density at radius 1 is 1.15 bits per heavy atom. The molecule has 0 bridgehead atoms. The highest BCUT2D eigenvalue weighted by Gasteiger charge is 2.32. The predicted molar refractivity (Wildman–Crippen MR) is 88.4 cm³/mol. The maximum atomic E-state index is 14.1. The van der Waals surface area contributed by atoms with Crippen LogP contribution in [0.25, 0.3) is 10.9 Å². The van der Waals surface area contributed by atoms with Gasteiger partial charge in [0.15, 0.2) is 0 Å². The van der Waals surface area contributed by atoms with Crippen molar-refractivity contribution in [2.75, 3.05) is 6.61 Å². The van der Waals surface area contributed by atoms with Gasteiger partial charge in [0.25, 0.3) is 0 Å². The van der Waals surface area contributed by atoms with E-state index in [0.717, 1.165) is 6.07 Å². The minimum absolute atomic E-state index is 0.0624. The first-order valence-corrected chi connectivity index (χ1v) is 7.92. The quantitative estimate of drug-likeness (QED) is 0.480. The number of ether oxygens (including phenoxy) is 1. The Labute approximate surface area is 146 Å². The molecule has 0 aliphatic rings. The Morgan fingerprint density at radius 3 is 2.58 bits per heavy atom. The van der Waals surface area contributed by atoms with Gasteiger partial charge in [0, 0.05) is 23.6 Å². The van der Waals surface area contributed by atoms with E-state index in [2.05, 4.69) is 0 Å². The standard InChI is InChI=1S/C19H15F4NO2/c1-2-26-18(25)14-10-17-12(9-16(14)20)7-8-24(17)11-13-5-3-4-6-15(13)19(21,22)23/h3-10H,2,11H2,1H3. The fourth-order valence-electron chi connectivity index (χ4n) is 2.83. The molecule has 0 saturated carbocycles. The summed E-state index contributed by atoms with van der Waals surface area (Å²) in [6.07, 6.45) is -2.91. The smallest absolute Gasteiger partial charge is 0.416 e. The van der Waals surface area contributed by atoms with E-state index in [-0.39, 0.29) is 24.3 Å². The number of benzene rings is 2. The van der Waals surface area contributed by atoms with E-state index < -0.39 is 23.5 Å². The first-order valence-electron chi connectivity index (χ1n) is 7.92. The summed E-state index contributed by atoms with van der Waals surface area (Å²) in [5.41, 5.74) is -0.441. The summed E-state index contributed by atoms with van der Waals surface area (Å²) in [6.45, 7) is 1.63. The van der Waals surface area contributed by atoms with Crippen LogP contribution < -0.4 is 0 Å². The maximum absolute atomic E-state index is 14.1. The van der Waals surface area contributed by atoms with Crippen molar-refractivity contribution in [3.8, 4) is 0 Å². The molecule has 7 heteroatoms. The first kappa shape index (κ1) is 18.0. The molecule has 0 aliphatic heterocycles. The zero-order valence-electron chi connectivity index (χ0n) is 13.8. The SMILES string of the molecule is CCOC(=O)c1cc2c(ccn2Cc2ccccc2C(F)(F)F)cc1F. The third kappa shape index (κ3) is 3.42. The predicted octanol–water partition coefficient (Wildman–Crippen LogP) is 5.02. The Balaban J connectivity index is 2.05. The molecule has 1 heterocycles. The maximum Gasteiger partial charge on any atom is 0.416 e. The number of aromatic nitrogens is 1. The second-order valence-corrected chi connectivity index (χ2v) is 5.71. The van der Waals surface area contributed by atoms with Crippen molar-refractivity contribution in [2.24, 2.45) is 0 Å². The number of rotatable bonds is 4. The van der Waals surface area contributed by atoms with Gasteiger partial charge in [-0.05, 0) is 36.8 Å². The van der Waals surface area contributed by atoms with E-state index in [1.165, 1.54) is 30.3 Å². The highest BCUT2D eigenvalue weighted by Crippen LogP contribution is 2.33. The summed E-state index contributed by atoms with van der Waals surface area (Å²) in [5.74, 6) is -1.54. The summed E-state index contributed by atoms with van der Waals surface area (Å²) in [4.78, 5) is 11.9. The van der Waals surface area contributed by atoms with Gasteiger partial charge in [-0.15, -0.1) is 0 Å². The van der Waals surface area contributed by atoms with E-state index >= 15 is 0 Å². The fourth-order valence-corrected chi connectivity index (χ4v) is 2.83. The average Bonchev–Trinajstić information content (AvgIpc) is 2.95. The van der Waals surface area contributed by atoms with Gasteiger partial charge in [-0.3, -0.25) is 0 Å². The zero-order valence-corrected chi connectivity index (χ0v) is 13.8. The minimum Gasteiger partial charge on any atom is -0.462 e. The van der Waals surface area contributed by atoms with Crippen LogP contribution in [-0.4, -0.2) is 17.1 Å². The van der Waals surface area contributed by atoms with Crippen LogP contribution in [0.5, 0.6) is 0 Å². The molecule has 0 aliphatic carbocycles. The molecule has 3 rings (SSSR count). The van der Waals surface area contributed by atoms with Gasteiger partial charge in [-0.25, -0.2) is 9.18 Å².